The molecule has 2 aromatic carbocycles. The number of phenols is 1. The summed E-state index contributed by atoms with van der Waals surface area (Å²) >= 11 is 0. The van der Waals surface area contributed by atoms with Gasteiger partial charge in [0.2, 0.25) is 0 Å². The average Bonchev–Trinajstić information content (AvgIpc) is 2.44. The van der Waals surface area contributed by atoms with Gasteiger partial charge >= 0.3 is 0 Å². The highest BCUT2D eigenvalue weighted by Gasteiger charge is 2.04. The van der Waals surface area contributed by atoms with Gasteiger partial charge in [0.05, 0.1) is 0 Å². The van der Waals surface area contributed by atoms with Crippen LogP contribution in [0.25, 0.3) is 0 Å². The second kappa shape index (κ2) is 6.53. The Balaban J connectivity index is 2.17. The van der Waals surface area contributed by atoms with E-state index >= 15 is 0 Å². The number of hydrogen-bond acceptors (Lipinski definition) is 5. The van der Waals surface area contributed by atoms with Gasteiger partial charge in [0.1, 0.15) is 18.1 Å². The molecule has 98 valence electrons. The van der Waals surface area contributed by atoms with Crippen molar-refractivity contribution in [2.45, 2.75) is 0 Å². The summed E-state index contributed by atoms with van der Waals surface area (Å²) in [6.45, 7) is 0.128. The summed E-state index contributed by atoms with van der Waals surface area (Å²) in [5.41, 5.74) is 1.42. The van der Waals surface area contributed by atoms with Gasteiger partial charge in [-0.05, 0) is 12.1 Å². The molecule has 5 nitrogen and oxygen atoms in total. The zero-order valence-electron chi connectivity index (χ0n) is 10.2. The monoisotopic (exact) mass is 258 g/mol. The normalized spacial score (nSPS) is 11.3. The lowest BCUT2D eigenvalue weighted by atomic mass is 10.1. The van der Waals surface area contributed by atoms with Crippen molar-refractivity contribution in [3.8, 4) is 11.5 Å². The summed E-state index contributed by atoms with van der Waals surface area (Å²) in [5.74, 6) is 5.63. The second-order valence-electron chi connectivity index (χ2n) is 3.80. The maximum absolute atomic E-state index is 9.33. The van der Waals surface area contributed by atoms with Crippen LogP contribution in [0.5, 0.6) is 11.5 Å². The standard InChI is InChI=1S/C14H14N2O3/c15-18-10-14(11-5-2-1-3-6-11)16-19-13-8-4-7-12(17)9-13/h1-9,17H,10,15H2/b16-14+. The molecule has 0 spiro atoms. The van der Waals surface area contributed by atoms with E-state index < -0.39 is 0 Å². The van der Waals surface area contributed by atoms with Gasteiger partial charge in [0.25, 0.3) is 0 Å². The third kappa shape index (κ3) is 3.80. The van der Waals surface area contributed by atoms with Gasteiger partial charge in [-0.2, -0.15) is 0 Å². The van der Waals surface area contributed by atoms with Crippen LogP contribution in [0, 0.1) is 0 Å². The molecule has 0 aliphatic heterocycles. The van der Waals surface area contributed by atoms with Gasteiger partial charge in [0.15, 0.2) is 5.75 Å². The van der Waals surface area contributed by atoms with Crippen LogP contribution in [0.15, 0.2) is 59.8 Å². The van der Waals surface area contributed by atoms with Gasteiger partial charge < -0.3 is 9.94 Å². The molecule has 0 atom stereocenters. The Morgan fingerprint density at radius 2 is 1.89 bits per heavy atom. The fourth-order valence-electron chi connectivity index (χ4n) is 1.52. The van der Waals surface area contributed by atoms with Crippen molar-refractivity contribution < 1.29 is 14.8 Å². The first-order valence-corrected chi connectivity index (χ1v) is 5.69. The maximum atomic E-state index is 9.33. The van der Waals surface area contributed by atoms with E-state index in [1.54, 1.807) is 18.2 Å². The van der Waals surface area contributed by atoms with E-state index in [4.69, 9.17) is 10.7 Å². The Hall–Kier alpha value is -2.37. The maximum Gasteiger partial charge on any atom is 0.161 e. The van der Waals surface area contributed by atoms with Gasteiger partial charge in [-0.15, -0.1) is 0 Å². The number of aromatic hydroxyl groups is 1. The molecule has 0 aliphatic carbocycles. The molecule has 0 aliphatic rings. The average molecular weight is 258 g/mol. The van der Waals surface area contributed by atoms with Crippen molar-refractivity contribution in [2.75, 3.05) is 6.61 Å². The SMILES string of the molecule is NOC/C(=N\Oc1cccc(O)c1)c1ccccc1. The number of oxime groups is 1. The molecule has 5 heteroatoms. The van der Waals surface area contributed by atoms with Crippen molar-refractivity contribution in [3.63, 3.8) is 0 Å². The summed E-state index contributed by atoms with van der Waals surface area (Å²) in [5, 5.41) is 13.3. The topological polar surface area (TPSA) is 77.1 Å². The van der Waals surface area contributed by atoms with E-state index in [9.17, 15) is 5.11 Å². The summed E-state index contributed by atoms with van der Waals surface area (Å²) in [6, 6.07) is 15.8. The summed E-state index contributed by atoms with van der Waals surface area (Å²) in [6.07, 6.45) is 0. The van der Waals surface area contributed by atoms with Crippen LogP contribution in [0.1, 0.15) is 5.56 Å². The highest BCUT2D eigenvalue weighted by Crippen LogP contribution is 2.18. The molecule has 0 aromatic heterocycles. The highest BCUT2D eigenvalue weighted by atomic mass is 16.6. The molecule has 19 heavy (non-hydrogen) atoms. The molecule has 0 radical (unpaired) electrons. The van der Waals surface area contributed by atoms with Crippen molar-refractivity contribution in [1.82, 2.24) is 0 Å². The summed E-state index contributed by atoms with van der Waals surface area (Å²) in [4.78, 5) is 9.86. The summed E-state index contributed by atoms with van der Waals surface area (Å²) < 4.78 is 0. The minimum Gasteiger partial charge on any atom is -0.508 e. The Kier molecular flexibility index (Phi) is 4.49. The highest BCUT2D eigenvalue weighted by molar-refractivity contribution is 6.01. The van der Waals surface area contributed by atoms with Crippen molar-refractivity contribution in [1.29, 1.82) is 0 Å². The number of nitrogens with zero attached hydrogens (tertiary/aromatic N) is 1. The first-order chi connectivity index (χ1) is 9.29. The molecule has 0 saturated heterocycles. The third-order valence-electron chi connectivity index (χ3n) is 2.41. The molecule has 2 rings (SSSR count). The third-order valence-corrected chi connectivity index (χ3v) is 2.41. The van der Waals surface area contributed by atoms with Crippen LogP contribution >= 0.6 is 0 Å². The van der Waals surface area contributed by atoms with E-state index in [-0.39, 0.29) is 12.4 Å². The molecule has 0 heterocycles. The van der Waals surface area contributed by atoms with Crippen LogP contribution in [0.4, 0.5) is 0 Å². The van der Waals surface area contributed by atoms with Gasteiger partial charge in [-0.1, -0.05) is 41.6 Å². The Morgan fingerprint density at radius 3 is 2.58 bits per heavy atom. The first kappa shape index (κ1) is 13.1. The smallest absolute Gasteiger partial charge is 0.161 e. The van der Waals surface area contributed by atoms with Crippen molar-refractivity contribution in [2.24, 2.45) is 11.1 Å². The number of rotatable bonds is 5. The predicted octanol–water partition coefficient (Wildman–Crippen LogP) is 2.07. The van der Waals surface area contributed by atoms with Gasteiger partial charge in [0, 0.05) is 11.6 Å². The quantitative estimate of drug-likeness (QED) is 0.635. The molecular weight excluding hydrogens is 244 g/mol. The van der Waals surface area contributed by atoms with E-state index in [1.807, 2.05) is 30.3 Å². The number of benzene rings is 2. The molecule has 2 aromatic rings. The number of phenolic OH excluding ortho intramolecular Hbond substituents is 1. The Morgan fingerprint density at radius 1 is 1.11 bits per heavy atom. The zero-order chi connectivity index (χ0) is 13.5. The zero-order valence-corrected chi connectivity index (χ0v) is 10.2. The lowest BCUT2D eigenvalue weighted by Gasteiger charge is -2.05. The van der Waals surface area contributed by atoms with Crippen LogP contribution < -0.4 is 10.7 Å². The molecule has 0 fully saturated rings. The lowest BCUT2D eigenvalue weighted by molar-refractivity contribution is 0.175. The molecule has 0 bridgehead atoms. The van der Waals surface area contributed by atoms with Crippen molar-refractivity contribution >= 4 is 5.71 Å². The van der Waals surface area contributed by atoms with E-state index in [0.717, 1.165) is 5.56 Å². The molecule has 0 unspecified atom stereocenters. The Bertz CT molecular complexity index is 556. The molecule has 3 N–H and O–H groups in total. The predicted molar refractivity (Wildman–Crippen MR) is 71.9 cm³/mol. The largest absolute Gasteiger partial charge is 0.508 e. The second-order valence-corrected chi connectivity index (χ2v) is 3.80. The lowest BCUT2D eigenvalue weighted by Crippen LogP contribution is -2.15. The minimum absolute atomic E-state index is 0.115. The van der Waals surface area contributed by atoms with Crippen LogP contribution in [0.3, 0.4) is 0 Å². The fourth-order valence-corrected chi connectivity index (χ4v) is 1.52. The Labute approximate surface area is 110 Å². The van der Waals surface area contributed by atoms with Crippen LogP contribution in [-0.2, 0) is 4.84 Å². The molecular formula is C14H14N2O3. The van der Waals surface area contributed by atoms with Gasteiger partial charge in [-0.25, -0.2) is 5.90 Å². The van der Waals surface area contributed by atoms with E-state index in [1.165, 1.54) is 6.07 Å². The van der Waals surface area contributed by atoms with Crippen LogP contribution in [-0.4, -0.2) is 17.4 Å². The number of nitrogens with two attached hydrogens (primary N) is 1. The molecule has 0 saturated carbocycles. The van der Waals surface area contributed by atoms with Gasteiger partial charge in [-0.3, -0.25) is 4.84 Å². The van der Waals surface area contributed by atoms with Crippen molar-refractivity contribution in [3.05, 3.63) is 60.2 Å². The first-order valence-electron chi connectivity index (χ1n) is 5.69. The van der Waals surface area contributed by atoms with E-state index in [2.05, 4.69) is 9.99 Å². The molecule has 0 amide bonds. The minimum atomic E-state index is 0.115. The number of hydrogen-bond donors (Lipinski definition) is 2. The van der Waals surface area contributed by atoms with Crippen LogP contribution in [0.2, 0.25) is 0 Å². The van der Waals surface area contributed by atoms with E-state index in [0.29, 0.717) is 11.5 Å². The fraction of sp³-hybridized carbons (Fsp3) is 0.0714. The summed E-state index contributed by atoms with van der Waals surface area (Å²) in [7, 11) is 0.